The molecule has 0 unspecified atom stereocenters. The third kappa shape index (κ3) is 4.74. The number of amidine groups is 1. The molecule has 4 saturated carbocycles. The molecule has 4 fully saturated rings. The van der Waals surface area contributed by atoms with Gasteiger partial charge in [-0.1, -0.05) is 17.8 Å². The van der Waals surface area contributed by atoms with Crippen LogP contribution in [0.3, 0.4) is 0 Å². The minimum Gasteiger partial charge on any atom is -0.352 e. The highest BCUT2D eigenvalue weighted by Crippen LogP contribution is 2.55. The lowest BCUT2D eigenvalue weighted by molar-refractivity contribution is -0.121. The predicted octanol–water partition coefficient (Wildman–Crippen LogP) is 4.05. The number of carbonyl (C=O) groups excluding carboxylic acids is 3. The molecule has 6 rings (SSSR count). The number of hydrogen-bond donors (Lipinski definition) is 2. The maximum Gasteiger partial charge on any atom is 0.262 e. The maximum absolute atomic E-state index is 13.2. The van der Waals surface area contributed by atoms with E-state index >= 15 is 0 Å². The largest absolute Gasteiger partial charge is 0.352 e. The van der Waals surface area contributed by atoms with Crippen molar-refractivity contribution < 1.29 is 14.4 Å². The molecule has 2 N–H and O–H groups in total. The topological polar surface area (TPSA) is 90.9 Å². The number of carbonyl (C=O) groups is 3. The van der Waals surface area contributed by atoms with Crippen LogP contribution in [0.5, 0.6) is 0 Å². The molecular formula is C26H34N4O3S. The summed E-state index contributed by atoms with van der Waals surface area (Å²) in [5.41, 5.74) is 1.09. The molecule has 182 valence electrons. The van der Waals surface area contributed by atoms with Gasteiger partial charge in [0.15, 0.2) is 5.17 Å². The molecule has 8 heteroatoms. The smallest absolute Gasteiger partial charge is 0.262 e. The van der Waals surface area contributed by atoms with Crippen LogP contribution in [0.4, 0.5) is 5.69 Å². The average molecular weight is 483 g/mol. The number of benzene rings is 1. The monoisotopic (exact) mass is 482 g/mol. The summed E-state index contributed by atoms with van der Waals surface area (Å²) in [4.78, 5) is 44.3. The molecule has 1 aromatic rings. The summed E-state index contributed by atoms with van der Waals surface area (Å²) in [7, 11) is 0. The van der Waals surface area contributed by atoms with Gasteiger partial charge in [0.1, 0.15) is 5.25 Å². The van der Waals surface area contributed by atoms with Gasteiger partial charge in [-0.3, -0.25) is 14.4 Å². The first-order valence-corrected chi connectivity index (χ1v) is 13.5. The highest BCUT2D eigenvalue weighted by Gasteiger charge is 2.51. The second kappa shape index (κ2) is 9.36. The van der Waals surface area contributed by atoms with Gasteiger partial charge in [0.25, 0.3) is 11.8 Å². The van der Waals surface area contributed by atoms with E-state index in [0.717, 1.165) is 50.1 Å². The Labute approximate surface area is 205 Å². The molecule has 3 amide bonds. The lowest BCUT2D eigenvalue weighted by Gasteiger charge is -2.56. The first kappa shape index (κ1) is 23.4. The molecule has 0 aromatic heterocycles. The molecule has 5 aliphatic rings. The zero-order chi connectivity index (χ0) is 23.9. The second-order valence-electron chi connectivity index (χ2n) is 10.5. The molecule has 1 heterocycles. The van der Waals surface area contributed by atoms with Crippen molar-refractivity contribution in [3.63, 3.8) is 0 Å². The van der Waals surface area contributed by atoms with E-state index < -0.39 is 5.25 Å². The Morgan fingerprint density at radius 1 is 1.09 bits per heavy atom. The summed E-state index contributed by atoms with van der Waals surface area (Å²) in [6.45, 7) is 5.58. The number of hydrogen-bond acceptors (Lipinski definition) is 5. The standard InChI is InChI=1S/C26H34N4O3S/c1-3-30(4-2)25-28-24(33)21(34-25)12-22(31)27-20-7-5-6-19(11-20)23(32)29-26-13-16-8-17(14-26)10-18(9-16)15-26/h5-7,11,16-18,21H,3-4,8-10,12-15H2,1-2H3,(H,27,31)(H,29,32)/t16?,17?,18?,21-,26?/m0/s1. The zero-order valence-electron chi connectivity index (χ0n) is 20.0. The number of thioether (sulfide) groups is 1. The van der Waals surface area contributed by atoms with E-state index in [0.29, 0.717) is 16.4 Å². The Morgan fingerprint density at radius 3 is 2.35 bits per heavy atom. The van der Waals surface area contributed by atoms with Gasteiger partial charge < -0.3 is 15.5 Å². The van der Waals surface area contributed by atoms with E-state index in [9.17, 15) is 14.4 Å². The number of nitrogens with zero attached hydrogens (tertiary/aromatic N) is 2. The van der Waals surface area contributed by atoms with Gasteiger partial charge in [-0.25, -0.2) is 0 Å². The average Bonchev–Trinajstić information content (AvgIpc) is 3.13. The molecule has 7 nitrogen and oxygen atoms in total. The van der Waals surface area contributed by atoms with Crippen LogP contribution in [0.15, 0.2) is 29.3 Å². The minimum atomic E-state index is -0.502. The van der Waals surface area contributed by atoms with Crippen molar-refractivity contribution in [2.45, 2.75) is 69.6 Å². The zero-order valence-corrected chi connectivity index (χ0v) is 20.8. The van der Waals surface area contributed by atoms with Gasteiger partial charge in [-0.2, -0.15) is 4.99 Å². The Bertz CT molecular complexity index is 984. The number of nitrogens with one attached hydrogen (secondary N) is 2. The molecule has 34 heavy (non-hydrogen) atoms. The third-order valence-corrected chi connectivity index (χ3v) is 9.17. The first-order valence-electron chi connectivity index (χ1n) is 12.6. The van der Waals surface area contributed by atoms with Crippen LogP contribution in [0.25, 0.3) is 0 Å². The normalized spacial score (nSPS) is 31.4. The Kier molecular flexibility index (Phi) is 6.44. The predicted molar refractivity (Wildman–Crippen MR) is 135 cm³/mol. The summed E-state index contributed by atoms with van der Waals surface area (Å²) in [5, 5.41) is 6.45. The van der Waals surface area contributed by atoms with Crippen molar-refractivity contribution in [2.75, 3.05) is 18.4 Å². The second-order valence-corrected chi connectivity index (χ2v) is 11.7. The maximum atomic E-state index is 13.2. The fraction of sp³-hybridized carbons (Fsp3) is 0.615. The van der Waals surface area contributed by atoms with E-state index in [-0.39, 0.29) is 29.7 Å². The molecule has 4 bridgehead atoms. The van der Waals surface area contributed by atoms with Gasteiger partial charge >= 0.3 is 0 Å². The van der Waals surface area contributed by atoms with Crippen LogP contribution in [0, 0.1) is 17.8 Å². The molecule has 1 aliphatic heterocycles. The molecule has 1 aromatic carbocycles. The van der Waals surface area contributed by atoms with Crippen molar-refractivity contribution in [2.24, 2.45) is 22.7 Å². The van der Waals surface area contributed by atoms with Crippen molar-refractivity contribution in [1.82, 2.24) is 10.2 Å². The van der Waals surface area contributed by atoms with Crippen molar-refractivity contribution >= 4 is 40.3 Å². The molecule has 0 spiro atoms. The Morgan fingerprint density at radius 2 is 1.74 bits per heavy atom. The van der Waals surface area contributed by atoms with E-state index in [2.05, 4.69) is 15.6 Å². The molecule has 4 aliphatic carbocycles. The van der Waals surface area contributed by atoms with Crippen LogP contribution in [0.1, 0.15) is 69.2 Å². The van der Waals surface area contributed by atoms with Gasteiger partial charge in [0.2, 0.25) is 5.91 Å². The summed E-state index contributed by atoms with van der Waals surface area (Å²) < 4.78 is 0. The van der Waals surface area contributed by atoms with E-state index in [1.165, 1.54) is 31.0 Å². The highest BCUT2D eigenvalue weighted by molar-refractivity contribution is 8.15. The molecular weight excluding hydrogens is 448 g/mol. The molecule has 1 atom stereocenters. The first-order chi connectivity index (χ1) is 16.4. The minimum absolute atomic E-state index is 0.0479. The summed E-state index contributed by atoms with van der Waals surface area (Å²) in [6, 6.07) is 7.10. The Hall–Kier alpha value is -2.35. The van der Waals surface area contributed by atoms with Crippen molar-refractivity contribution in [3.8, 4) is 0 Å². The van der Waals surface area contributed by atoms with E-state index in [1.807, 2.05) is 18.7 Å². The van der Waals surface area contributed by atoms with Gasteiger partial charge in [0.05, 0.1) is 0 Å². The summed E-state index contributed by atoms with van der Waals surface area (Å²) >= 11 is 1.36. The number of anilines is 1. The summed E-state index contributed by atoms with van der Waals surface area (Å²) in [5.74, 6) is 1.72. The quantitative estimate of drug-likeness (QED) is 0.612. The van der Waals surface area contributed by atoms with Crippen LogP contribution < -0.4 is 10.6 Å². The Balaban J connectivity index is 1.18. The van der Waals surface area contributed by atoms with Crippen molar-refractivity contribution in [1.29, 1.82) is 0 Å². The van der Waals surface area contributed by atoms with Crippen LogP contribution in [0.2, 0.25) is 0 Å². The molecule has 0 saturated heterocycles. The number of aliphatic imine (C=N–C) groups is 1. The van der Waals surface area contributed by atoms with Gasteiger partial charge in [0, 0.05) is 36.3 Å². The fourth-order valence-corrected chi connectivity index (χ4v) is 8.03. The number of amides is 3. The summed E-state index contributed by atoms with van der Waals surface area (Å²) in [6.07, 6.45) is 7.37. The van der Waals surface area contributed by atoms with Crippen LogP contribution in [-0.2, 0) is 9.59 Å². The fourth-order valence-electron chi connectivity index (χ4n) is 6.83. The lowest BCUT2D eigenvalue weighted by atomic mass is 9.53. The van der Waals surface area contributed by atoms with Crippen LogP contribution >= 0.6 is 11.8 Å². The van der Waals surface area contributed by atoms with E-state index in [1.54, 1.807) is 24.3 Å². The van der Waals surface area contributed by atoms with E-state index in [4.69, 9.17) is 0 Å². The highest BCUT2D eigenvalue weighted by atomic mass is 32.2. The SMILES string of the molecule is CCN(CC)C1=NC(=O)[C@H](CC(=O)Nc2cccc(C(=O)NC34CC5CC(CC(C5)C3)C4)c2)S1. The van der Waals surface area contributed by atoms with Crippen molar-refractivity contribution in [3.05, 3.63) is 29.8 Å². The van der Waals surface area contributed by atoms with Gasteiger partial charge in [-0.05, 0) is 88.3 Å². The molecule has 0 radical (unpaired) electrons. The lowest BCUT2D eigenvalue weighted by Crippen LogP contribution is -2.59. The van der Waals surface area contributed by atoms with Crippen LogP contribution in [-0.4, -0.2) is 51.7 Å². The third-order valence-electron chi connectivity index (χ3n) is 7.96. The number of rotatable bonds is 7. The van der Waals surface area contributed by atoms with Gasteiger partial charge in [-0.15, -0.1) is 0 Å².